The van der Waals surface area contributed by atoms with Crippen LogP contribution in [0.4, 0.5) is 10.1 Å². The minimum Gasteiger partial charge on any atom is -0.454 e. The number of amides is 1. The zero-order valence-electron chi connectivity index (χ0n) is 14.1. The van der Waals surface area contributed by atoms with Crippen LogP contribution < -0.4 is 14.4 Å². The van der Waals surface area contributed by atoms with Crippen LogP contribution >= 0.6 is 0 Å². The highest BCUT2D eigenvalue weighted by molar-refractivity contribution is 5.96. The SMILES string of the molecule is O=C1CC(c2noc(-c3ccc(F)cc3)n2)CN1c1ccc2c(c1)OCO2. The molecule has 1 fully saturated rings. The molecular weight excluding hydrogens is 353 g/mol. The maximum absolute atomic E-state index is 13.1. The van der Waals surface area contributed by atoms with Crippen molar-refractivity contribution in [3.63, 3.8) is 0 Å². The Morgan fingerprint density at radius 2 is 1.89 bits per heavy atom. The van der Waals surface area contributed by atoms with E-state index in [4.69, 9.17) is 14.0 Å². The van der Waals surface area contributed by atoms with Gasteiger partial charge in [0.05, 0.1) is 0 Å². The van der Waals surface area contributed by atoms with Gasteiger partial charge < -0.3 is 18.9 Å². The number of ether oxygens (including phenoxy) is 2. The van der Waals surface area contributed by atoms with Gasteiger partial charge in [0.15, 0.2) is 17.3 Å². The van der Waals surface area contributed by atoms with Crippen molar-refractivity contribution in [2.75, 3.05) is 18.2 Å². The van der Waals surface area contributed by atoms with E-state index < -0.39 is 0 Å². The van der Waals surface area contributed by atoms with Gasteiger partial charge >= 0.3 is 0 Å². The minimum atomic E-state index is -0.334. The van der Waals surface area contributed by atoms with E-state index in [1.807, 2.05) is 6.07 Å². The molecule has 2 aliphatic rings. The third-order valence-corrected chi connectivity index (χ3v) is 4.69. The summed E-state index contributed by atoms with van der Waals surface area (Å²) in [5.41, 5.74) is 1.38. The first-order valence-corrected chi connectivity index (χ1v) is 8.47. The number of aromatic nitrogens is 2. The first kappa shape index (κ1) is 15.8. The van der Waals surface area contributed by atoms with Crippen molar-refractivity contribution >= 4 is 11.6 Å². The summed E-state index contributed by atoms with van der Waals surface area (Å²) in [6, 6.07) is 11.2. The summed E-state index contributed by atoms with van der Waals surface area (Å²) in [6.45, 7) is 0.630. The molecule has 0 bridgehead atoms. The maximum Gasteiger partial charge on any atom is 0.257 e. The molecule has 136 valence electrons. The molecule has 0 radical (unpaired) electrons. The van der Waals surface area contributed by atoms with Crippen LogP contribution in [0.5, 0.6) is 11.5 Å². The van der Waals surface area contributed by atoms with Gasteiger partial charge in [0.25, 0.3) is 5.89 Å². The fourth-order valence-corrected chi connectivity index (χ4v) is 3.29. The molecule has 0 aliphatic carbocycles. The molecule has 1 unspecified atom stereocenters. The number of carbonyl (C=O) groups is 1. The molecule has 8 heteroatoms. The molecule has 1 amide bonds. The lowest BCUT2D eigenvalue weighted by molar-refractivity contribution is -0.117. The molecule has 2 aromatic carbocycles. The lowest BCUT2D eigenvalue weighted by Gasteiger charge is -2.16. The van der Waals surface area contributed by atoms with Gasteiger partial charge in [0.2, 0.25) is 12.7 Å². The van der Waals surface area contributed by atoms with Crippen LogP contribution in [0, 0.1) is 5.82 Å². The average molecular weight is 367 g/mol. The molecular formula is C19H14FN3O4. The normalized spacial score (nSPS) is 18.3. The molecule has 2 aliphatic heterocycles. The summed E-state index contributed by atoms with van der Waals surface area (Å²) in [7, 11) is 0. The van der Waals surface area contributed by atoms with Gasteiger partial charge in [-0.3, -0.25) is 4.79 Å². The first-order valence-electron chi connectivity index (χ1n) is 8.47. The number of rotatable bonds is 3. The Morgan fingerprint density at radius 3 is 2.74 bits per heavy atom. The van der Waals surface area contributed by atoms with E-state index in [1.54, 1.807) is 29.2 Å². The summed E-state index contributed by atoms with van der Waals surface area (Å²) in [4.78, 5) is 18.6. The van der Waals surface area contributed by atoms with Crippen LogP contribution in [0.3, 0.4) is 0 Å². The topological polar surface area (TPSA) is 77.7 Å². The summed E-state index contributed by atoms with van der Waals surface area (Å²) < 4.78 is 29.0. The second-order valence-electron chi connectivity index (χ2n) is 6.41. The molecule has 5 rings (SSSR count). The Balaban J connectivity index is 1.37. The van der Waals surface area contributed by atoms with E-state index in [9.17, 15) is 9.18 Å². The number of hydrogen-bond donors (Lipinski definition) is 0. The standard InChI is InChI=1S/C19H14FN3O4/c20-13-3-1-11(2-4-13)19-21-18(22-27-19)12-7-17(24)23(9-12)14-5-6-15-16(8-14)26-10-25-15/h1-6,8,12H,7,9-10H2. The number of anilines is 1. The molecule has 1 atom stereocenters. The van der Waals surface area contributed by atoms with E-state index in [2.05, 4.69) is 10.1 Å². The first-order chi connectivity index (χ1) is 13.2. The number of halogens is 1. The molecule has 0 saturated carbocycles. The van der Waals surface area contributed by atoms with Crippen LogP contribution in [0.15, 0.2) is 47.0 Å². The molecule has 0 N–H and O–H groups in total. The van der Waals surface area contributed by atoms with Crippen molar-refractivity contribution in [3.05, 3.63) is 54.1 Å². The van der Waals surface area contributed by atoms with Crippen molar-refractivity contribution < 1.29 is 23.2 Å². The van der Waals surface area contributed by atoms with Crippen LogP contribution in [-0.2, 0) is 4.79 Å². The van der Waals surface area contributed by atoms with Gasteiger partial charge in [0.1, 0.15) is 5.82 Å². The summed E-state index contributed by atoms with van der Waals surface area (Å²) in [5.74, 6) is 1.53. The van der Waals surface area contributed by atoms with Gasteiger partial charge in [-0.25, -0.2) is 4.39 Å². The molecule has 27 heavy (non-hydrogen) atoms. The van der Waals surface area contributed by atoms with Crippen LogP contribution in [0.25, 0.3) is 11.5 Å². The molecule has 1 saturated heterocycles. The summed E-state index contributed by atoms with van der Waals surface area (Å²) in [5, 5.41) is 4.01. The Kier molecular flexibility index (Phi) is 3.56. The fourth-order valence-electron chi connectivity index (χ4n) is 3.29. The second kappa shape index (κ2) is 6.08. The van der Waals surface area contributed by atoms with Crippen molar-refractivity contribution in [2.45, 2.75) is 12.3 Å². The van der Waals surface area contributed by atoms with Gasteiger partial charge in [-0.15, -0.1) is 0 Å². The Bertz CT molecular complexity index is 1020. The van der Waals surface area contributed by atoms with Crippen LogP contribution in [0.2, 0.25) is 0 Å². The average Bonchev–Trinajstić information content (AvgIpc) is 3.40. The maximum atomic E-state index is 13.1. The van der Waals surface area contributed by atoms with Crippen LogP contribution in [-0.4, -0.2) is 29.4 Å². The van der Waals surface area contributed by atoms with Crippen molar-refractivity contribution in [2.24, 2.45) is 0 Å². The number of carbonyl (C=O) groups excluding carboxylic acids is 1. The highest BCUT2D eigenvalue weighted by atomic mass is 19.1. The summed E-state index contributed by atoms with van der Waals surface area (Å²) >= 11 is 0. The van der Waals surface area contributed by atoms with Crippen molar-refractivity contribution in [1.29, 1.82) is 0 Å². The van der Waals surface area contributed by atoms with E-state index in [-0.39, 0.29) is 30.9 Å². The Labute approximate surface area is 153 Å². The smallest absolute Gasteiger partial charge is 0.257 e. The zero-order chi connectivity index (χ0) is 18.4. The lowest BCUT2D eigenvalue weighted by Crippen LogP contribution is -2.24. The molecule has 7 nitrogen and oxygen atoms in total. The minimum absolute atomic E-state index is 0.0213. The zero-order valence-corrected chi connectivity index (χ0v) is 14.1. The molecule has 1 aromatic heterocycles. The predicted molar refractivity (Wildman–Crippen MR) is 92.0 cm³/mol. The highest BCUT2D eigenvalue weighted by Crippen LogP contribution is 2.38. The lowest BCUT2D eigenvalue weighted by atomic mass is 10.1. The number of hydrogen-bond acceptors (Lipinski definition) is 6. The number of benzene rings is 2. The fraction of sp³-hybridized carbons (Fsp3) is 0.211. The van der Waals surface area contributed by atoms with E-state index in [1.165, 1.54) is 12.1 Å². The monoisotopic (exact) mass is 367 g/mol. The predicted octanol–water partition coefficient (Wildman–Crippen LogP) is 3.12. The largest absolute Gasteiger partial charge is 0.454 e. The van der Waals surface area contributed by atoms with Gasteiger partial charge in [0, 0.05) is 36.2 Å². The van der Waals surface area contributed by atoms with Crippen molar-refractivity contribution in [3.8, 4) is 23.0 Å². The van der Waals surface area contributed by atoms with Crippen LogP contribution in [0.1, 0.15) is 18.2 Å². The Hall–Kier alpha value is -3.42. The van der Waals surface area contributed by atoms with Gasteiger partial charge in [-0.1, -0.05) is 5.16 Å². The molecule has 0 spiro atoms. The quantitative estimate of drug-likeness (QED) is 0.708. The van der Waals surface area contributed by atoms with Gasteiger partial charge in [-0.2, -0.15) is 4.98 Å². The van der Waals surface area contributed by atoms with E-state index >= 15 is 0 Å². The number of nitrogens with zero attached hydrogens (tertiary/aromatic N) is 3. The third kappa shape index (κ3) is 2.79. The molecule has 3 aromatic rings. The number of fused-ring (bicyclic) bond motifs is 1. The van der Waals surface area contributed by atoms with E-state index in [0.717, 1.165) is 5.69 Å². The Morgan fingerprint density at radius 1 is 1.07 bits per heavy atom. The summed E-state index contributed by atoms with van der Waals surface area (Å²) in [6.07, 6.45) is 0.289. The van der Waals surface area contributed by atoms with Crippen molar-refractivity contribution in [1.82, 2.24) is 10.1 Å². The highest BCUT2D eigenvalue weighted by Gasteiger charge is 2.35. The third-order valence-electron chi connectivity index (χ3n) is 4.69. The van der Waals surface area contributed by atoms with E-state index in [0.29, 0.717) is 35.3 Å². The molecule has 3 heterocycles. The second-order valence-corrected chi connectivity index (χ2v) is 6.41. The van der Waals surface area contributed by atoms with Gasteiger partial charge in [-0.05, 0) is 36.4 Å².